The zero-order chi connectivity index (χ0) is 27.7. The summed E-state index contributed by atoms with van der Waals surface area (Å²) in [6.07, 6.45) is 16.0. The molecule has 0 aliphatic rings. The first-order valence-corrected chi connectivity index (χ1v) is 15.6. The third-order valence-corrected chi connectivity index (χ3v) is 6.74. The van der Waals surface area contributed by atoms with Gasteiger partial charge in [-0.25, -0.2) is 0 Å². The molecule has 0 aliphatic heterocycles. The summed E-state index contributed by atoms with van der Waals surface area (Å²) in [5.41, 5.74) is 0.941. The van der Waals surface area contributed by atoms with Crippen molar-refractivity contribution < 1.29 is 24.4 Å². The van der Waals surface area contributed by atoms with Gasteiger partial charge in [-0.05, 0) is 43.5 Å². The molecule has 2 unspecified atom stereocenters. The predicted molar refractivity (Wildman–Crippen MR) is 159 cm³/mol. The van der Waals surface area contributed by atoms with Crippen molar-refractivity contribution in [3.8, 4) is 5.75 Å². The van der Waals surface area contributed by atoms with Gasteiger partial charge in [0.05, 0.1) is 32.0 Å². The molecule has 1 aromatic carbocycles. The highest BCUT2D eigenvalue weighted by molar-refractivity contribution is 5.49. The van der Waals surface area contributed by atoms with E-state index in [-0.39, 0.29) is 0 Å². The molecular weight excluding hydrogens is 478 g/mol. The summed E-state index contributed by atoms with van der Waals surface area (Å²) < 4.78 is 17.2. The third kappa shape index (κ3) is 18.8. The van der Waals surface area contributed by atoms with Crippen molar-refractivity contribution >= 4 is 5.69 Å². The summed E-state index contributed by atoms with van der Waals surface area (Å²) in [6, 6.07) is 7.96. The van der Waals surface area contributed by atoms with Crippen molar-refractivity contribution in [3.63, 3.8) is 0 Å². The van der Waals surface area contributed by atoms with Crippen LogP contribution in [0, 0.1) is 0 Å². The molecule has 0 radical (unpaired) electrons. The van der Waals surface area contributed by atoms with Gasteiger partial charge in [-0.1, -0.05) is 91.4 Å². The number of benzene rings is 1. The number of aliphatic hydroxyl groups is 2. The number of aliphatic hydroxyl groups excluding tert-OH is 2. The number of rotatable bonds is 27. The van der Waals surface area contributed by atoms with Crippen molar-refractivity contribution in [1.82, 2.24) is 0 Å². The molecule has 222 valence electrons. The van der Waals surface area contributed by atoms with Gasteiger partial charge in [0.15, 0.2) is 0 Å². The first kappa shape index (κ1) is 34.7. The molecule has 0 aromatic heterocycles. The molecule has 0 amide bonds. The maximum Gasteiger partial charge on any atom is 0.119 e. The summed E-state index contributed by atoms with van der Waals surface area (Å²) in [6.45, 7) is 9.92. The van der Waals surface area contributed by atoms with Crippen LogP contribution in [0.15, 0.2) is 24.3 Å². The first-order valence-electron chi connectivity index (χ1n) is 15.6. The van der Waals surface area contributed by atoms with Crippen LogP contribution in [-0.2, 0) is 9.47 Å². The second-order valence-corrected chi connectivity index (χ2v) is 10.6. The molecule has 0 saturated heterocycles. The Hall–Kier alpha value is -1.34. The molecule has 6 nitrogen and oxygen atoms in total. The fourth-order valence-corrected chi connectivity index (χ4v) is 4.36. The summed E-state index contributed by atoms with van der Waals surface area (Å²) in [4.78, 5) is 2.01. The SMILES string of the molecule is CCCCCCCCCCCCOc1ccc(N(CC(O)COCCCC)CC(O)COCCCC)cc1. The molecule has 1 aromatic rings. The van der Waals surface area contributed by atoms with E-state index < -0.39 is 12.2 Å². The number of nitrogens with zero attached hydrogens (tertiary/aromatic N) is 1. The van der Waals surface area contributed by atoms with Gasteiger partial charge in [-0.3, -0.25) is 0 Å². The standard InChI is InChI=1S/C32H59NO5/c1-4-7-10-11-12-13-14-15-16-17-24-38-32-20-18-29(19-21-32)33(25-30(34)27-36-22-8-5-2)26-31(35)28-37-23-9-6-3/h18-21,30-31,34-35H,4-17,22-28H2,1-3H3. The summed E-state index contributed by atoms with van der Waals surface area (Å²) >= 11 is 0. The molecule has 1 rings (SSSR count). The normalized spacial score (nSPS) is 13.0. The highest BCUT2D eigenvalue weighted by Crippen LogP contribution is 2.21. The molecule has 2 N–H and O–H groups in total. The highest BCUT2D eigenvalue weighted by atomic mass is 16.5. The van der Waals surface area contributed by atoms with Crippen molar-refractivity contribution in [2.45, 2.75) is 123 Å². The minimum absolute atomic E-state index is 0.291. The fourth-order valence-electron chi connectivity index (χ4n) is 4.36. The van der Waals surface area contributed by atoms with E-state index in [9.17, 15) is 10.2 Å². The van der Waals surface area contributed by atoms with Gasteiger partial charge in [0.1, 0.15) is 5.75 Å². The average molecular weight is 538 g/mol. The van der Waals surface area contributed by atoms with Crippen LogP contribution in [0.5, 0.6) is 5.75 Å². The van der Waals surface area contributed by atoms with Crippen molar-refractivity contribution in [2.24, 2.45) is 0 Å². The van der Waals surface area contributed by atoms with E-state index in [4.69, 9.17) is 14.2 Å². The predicted octanol–water partition coefficient (Wildman–Crippen LogP) is 7.15. The Morgan fingerprint density at radius 3 is 1.50 bits per heavy atom. The number of anilines is 1. The Labute approximate surface area is 234 Å². The van der Waals surface area contributed by atoms with Gasteiger partial charge in [-0.15, -0.1) is 0 Å². The monoisotopic (exact) mass is 537 g/mol. The molecule has 0 aliphatic carbocycles. The average Bonchev–Trinajstić information content (AvgIpc) is 2.92. The Balaban J connectivity index is 2.44. The minimum Gasteiger partial charge on any atom is -0.494 e. The number of hydrogen-bond acceptors (Lipinski definition) is 6. The van der Waals surface area contributed by atoms with Crippen molar-refractivity contribution in [3.05, 3.63) is 24.3 Å². The van der Waals surface area contributed by atoms with Crippen LogP contribution in [-0.4, -0.2) is 68.5 Å². The Bertz CT molecular complexity index is 607. The largest absolute Gasteiger partial charge is 0.494 e. The molecule has 0 bridgehead atoms. The van der Waals surface area contributed by atoms with Crippen molar-refractivity contribution in [1.29, 1.82) is 0 Å². The van der Waals surface area contributed by atoms with E-state index in [1.807, 2.05) is 29.2 Å². The van der Waals surface area contributed by atoms with Crippen LogP contribution in [0.4, 0.5) is 5.69 Å². The Morgan fingerprint density at radius 2 is 1.03 bits per heavy atom. The van der Waals surface area contributed by atoms with Gasteiger partial charge >= 0.3 is 0 Å². The fraction of sp³-hybridized carbons (Fsp3) is 0.812. The second-order valence-electron chi connectivity index (χ2n) is 10.6. The van der Waals surface area contributed by atoms with E-state index in [1.54, 1.807) is 0 Å². The molecule has 0 heterocycles. The molecule has 38 heavy (non-hydrogen) atoms. The van der Waals surface area contributed by atoms with Crippen LogP contribution in [0.25, 0.3) is 0 Å². The summed E-state index contributed by atoms with van der Waals surface area (Å²) in [7, 11) is 0. The van der Waals surface area contributed by atoms with Gasteiger partial charge < -0.3 is 29.3 Å². The van der Waals surface area contributed by atoms with Crippen molar-refractivity contribution in [2.75, 3.05) is 51.0 Å². The van der Waals surface area contributed by atoms with Crippen LogP contribution < -0.4 is 9.64 Å². The third-order valence-electron chi connectivity index (χ3n) is 6.74. The molecular formula is C32H59NO5. The Morgan fingerprint density at radius 1 is 0.579 bits per heavy atom. The Kier molecular flexibility index (Phi) is 22.5. The van der Waals surface area contributed by atoms with Gasteiger partial charge in [0.25, 0.3) is 0 Å². The van der Waals surface area contributed by atoms with Gasteiger partial charge in [-0.2, -0.15) is 0 Å². The molecule has 6 heteroatoms. The molecule has 0 fully saturated rings. The number of ether oxygens (including phenoxy) is 3. The zero-order valence-corrected chi connectivity index (χ0v) is 24.9. The van der Waals surface area contributed by atoms with Gasteiger partial charge in [0, 0.05) is 32.0 Å². The lowest BCUT2D eigenvalue weighted by Crippen LogP contribution is -2.41. The number of unbranched alkanes of at least 4 members (excludes halogenated alkanes) is 11. The van der Waals surface area contributed by atoms with E-state index in [0.29, 0.717) is 39.5 Å². The lowest BCUT2D eigenvalue weighted by Gasteiger charge is -2.29. The van der Waals surface area contributed by atoms with E-state index in [1.165, 1.54) is 57.8 Å². The van der Waals surface area contributed by atoms with Crippen LogP contribution in [0.1, 0.15) is 111 Å². The maximum atomic E-state index is 10.6. The lowest BCUT2D eigenvalue weighted by atomic mass is 10.1. The highest BCUT2D eigenvalue weighted by Gasteiger charge is 2.17. The topological polar surface area (TPSA) is 71.4 Å². The molecule has 0 spiro atoms. The molecule has 2 atom stereocenters. The van der Waals surface area contributed by atoms with E-state index in [2.05, 4.69) is 20.8 Å². The quantitative estimate of drug-likeness (QED) is 0.116. The minimum atomic E-state index is -0.632. The first-order chi connectivity index (χ1) is 18.6. The van der Waals surface area contributed by atoms with Gasteiger partial charge in [0.2, 0.25) is 0 Å². The maximum absolute atomic E-state index is 10.6. The summed E-state index contributed by atoms with van der Waals surface area (Å²) in [5, 5.41) is 21.1. The summed E-state index contributed by atoms with van der Waals surface area (Å²) in [5.74, 6) is 0.858. The lowest BCUT2D eigenvalue weighted by molar-refractivity contribution is 0.0288. The van der Waals surface area contributed by atoms with Crippen LogP contribution in [0.2, 0.25) is 0 Å². The second kappa shape index (κ2) is 24.7. The number of hydrogen-bond donors (Lipinski definition) is 2. The molecule has 0 saturated carbocycles. The van der Waals surface area contributed by atoms with E-state index in [0.717, 1.165) is 50.1 Å². The smallest absolute Gasteiger partial charge is 0.119 e. The van der Waals surface area contributed by atoms with Crippen LogP contribution in [0.3, 0.4) is 0 Å². The zero-order valence-electron chi connectivity index (χ0n) is 24.9. The van der Waals surface area contributed by atoms with Crippen LogP contribution >= 0.6 is 0 Å². The van der Waals surface area contributed by atoms with E-state index >= 15 is 0 Å².